The van der Waals surface area contributed by atoms with Gasteiger partial charge in [0.05, 0.1) is 5.69 Å². The molecule has 0 atom stereocenters. The van der Waals surface area contributed by atoms with Gasteiger partial charge in [-0.15, -0.1) is 0 Å². The highest BCUT2D eigenvalue weighted by atomic mass is 16.4. The molecule has 0 aliphatic heterocycles. The number of carbonyl (C=O) groups is 1. The maximum Gasteiger partial charge on any atom is 0.354 e. The van der Waals surface area contributed by atoms with Crippen molar-refractivity contribution in [2.45, 2.75) is 13.3 Å². The van der Waals surface area contributed by atoms with E-state index >= 15 is 0 Å². The van der Waals surface area contributed by atoms with Gasteiger partial charge in [-0.1, -0.05) is 6.92 Å². The molecule has 76 valence electrons. The van der Waals surface area contributed by atoms with Gasteiger partial charge in [0.15, 0.2) is 0 Å². The summed E-state index contributed by atoms with van der Waals surface area (Å²) in [5.74, 6) is -1.02. The van der Waals surface area contributed by atoms with Crippen LogP contribution in [0.25, 0.3) is 0 Å². The molecule has 1 aromatic rings. The van der Waals surface area contributed by atoms with Crippen LogP contribution in [0.4, 0.5) is 5.69 Å². The number of rotatable bonds is 5. The maximum absolute atomic E-state index is 10.6. The molecule has 0 aliphatic rings. The van der Waals surface area contributed by atoms with E-state index in [0.29, 0.717) is 5.69 Å². The van der Waals surface area contributed by atoms with Crippen molar-refractivity contribution >= 4 is 11.7 Å². The van der Waals surface area contributed by atoms with Gasteiger partial charge < -0.3 is 10.5 Å². The molecule has 0 saturated carbocycles. The molecular formula is C9H13N3O2. The summed E-state index contributed by atoms with van der Waals surface area (Å²) in [4.78, 5) is 14.3. The highest BCUT2D eigenvalue weighted by Crippen LogP contribution is 2.06. The molecule has 0 radical (unpaired) electrons. The molecule has 0 saturated heterocycles. The van der Waals surface area contributed by atoms with E-state index in [-0.39, 0.29) is 5.69 Å². The molecule has 0 fully saturated rings. The van der Waals surface area contributed by atoms with Crippen LogP contribution >= 0.6 is 0 Å². The van der Waals surface area contributed by atoms with Crippen LogP contribution in [-0.4, -0.2) is 22.6 Å². The van der Waals surface area contributed by atoms with Gasteiger partial charge >= 0.3 is 5.97 Å². The zero-order chi connectivity index (χ0) is 10.4. The van der Waals surface area contributed by atoms with Crippen molar-refractivity contribution in [2.24, 2.45) is 0 Å². The van der Waals surface area contributed by atoms with E-state index in [0.717, 1.165) is 13.0 Å². The molecule has 1 heterocycles. The number of pyridine rings is 1. The second-order valence-corrected chi connectivity index (χ2v) is 2.79. The zero-order valence-electron chi connectivity index (χ0n) is 7.95. The highest BCUT2D eigenvalue weighted by molar-refractivity contribution is 5.86. The van der Waals surface area contributed by atoms with Crippen molar-refractivity contribution in [1.29, 1.82) is 0 Å². The minimum Gasteiger partial charge on any atom is -0.477 e. The number of nitrogens with zero attached hydrogens (tertiary/aromatic N) is 1. The number of carboxylic acids is 1. The maximum atomic E-state index is 10.6. The highest BCUT2D eigenvalue weighted by Gasteiger charge is 2.03. The van der Waals surface area contributed by atoms with Crippen LogP contribution in [0.5, 0.6) is 0 Å². The molecule has 1 aromatic heterocycles. The lowest BCUT2D eigenvalue weighted by Gasteiger charge is -2.06. The average molecular weight is 195 g/mol. The predicted molar refractivity (Wildman–Crippen MR) is 53.1 cm³/mol. The third-order valence-corrected chi connectivity index (χ3v) is 1.59. The van der Waals surface area contributed by atoms with Crippen molar-refractivity contribution in [2.75, 3.05) is 12.0 Å². The topological polar surface area (TPSA) is 74.2 Å². The Labute approximate surface area is 82.1 Å². The van der Waals surface area contributed by atoms with Gasteiger partial charge in [0.25, 0.3) is 0 Å². The fourth-order valence-corrected chi connectivity index (χ4v) is 0.915. The number of hydrogen-bond acceptors (Lipinski definition) is 4. The smallest absolute Gasteiger partial charge is 0.354 e. The van der Waals surface area contributed by atoms with E-state index in [1.807, 2.05) is 6.92 Å². The summed E-state index contributed by atoms with van der Waals surface area (Å²) >= 11 is 0. The fraction of sp³-hybridized carbons (Fsp3) is 0.333. The van der Waals surface area contributed by atoms with Crippen LogP contribution in [-0.2, 0) is 0 Å². The van der Waals surface area contributed by atoms with Gasteiger partial charge in [-0.05, 0) is 18.6 Å². The van der Waals surface area contributed by atoms with Crippen molar-refractivity contribution in [1.82, 2.24) is 10.4 Å². The third kappa shape index (κ3) is 3.02. The van der Waals surface area contributed by atoms with Crippen molar-refractivity contribution in [3.63, 3.8) is 0 Å². The molecule has 0 aromatic carbocycles. The lowest BCUT2D eigenvalue weighted by molar-refractivity contribution is 0.0690. The Kier molecular flexibility index (Phi) is 3.87. The number of aromatic carboxylic acids is 1. The van der Waals surface area contributed by atoms with E-state index in [4.69, 9.17) is 5.11 Å². The summed E-state index contributed by atoms with van der Waals surface area (Å²) in [6.07, 6.45) is 2.46. The van der Waals surface area contributed by atoms with Crippen LogP contribution in [0, 0.1) is 0 Å². The SMILES string of the molecule is CCCNNc1ccnc(C(=O)O)c1. The zero-order valence-corrected chi connectivity index (χ0v) is 7.95. The molecule has 5 heteroatoms. The summed E-state index contributed by atoms with van der Waals surface area (Å²) in [7, 11) is 0. The average Bonchev–Trinajstić information content (AvgIpc) is 2.19. The van der Waals surface area contributed by atoms with Gasteiger partial charge in [0.2, 0.25) is 0 Å². The first-order valence-corrected chi connectivity index (χ1v) is 4.42. The second-order valence-electron chi connectivity index (χ2n) is 2.79. The summed E-state index contributed by atoms with van der Waals surface area (Å²) < 4.78 is 0. The number of nitrogens with one attached hydrogen (secondary N) is 2. The van der Waals surface area contributed by atoms with Gasteiger partial charge in [-0.25, -0.2) is 15.2 Å². The van der Waals surface area contributed by atoms with E-state index < -0.39 is 5.97 Å². The van der Waals surface area contributed by atoms with E-state index in [1.165, 1.54) is 12.3 Å². The number of carboxylic acid groups (broad SMARTS) is 1. The number of hydrogen-bond donors (Lipinski definition) is 3. The lowest BCUT2D eigenvalue weighted by Crippen LogP contribution is -2.22. The molecule has 3 N–H and O–H groups in total. The Morgan fingerprint density at radius 2 is 2.43 bits per heavy atom. The van der Waals surface area contributed by atoms with Gasteiger partial charge in [-0.2, -0.15) is 0 Å². The quantitative estimate of drug-likeness (QED) is 0.484. The Morgan fingerprint density at radius 3 is 3.07 bits per heavy atom. The van der Waals surface area contributed by atoms with Gasteiger partial charge in [0, 0.05) is 12.7 Å². The van der Waals surface area contributed by atoms with E-state index in [9.17, 15) is 4.79 Å². The second kappa shape index (κ2) is 5.18. The molecule has 0 unspecified atom stereocenters. The Bertz CT molecular complexity index is 315. The summed E-state index contributed by atoms with van der Waals surface area (Å²) in [5, 5.41) is 8.67. The summed E-state index contributed by atoms with van der Waals surface area (Å²) in [6, 6.07) is 3.18. The van der Waals surface area contributed by atoms with Crippen molar-refractivity contribution < 1.29 is 9.90 Å². The lowest BCUT2D eigenvalue weighted by atomic mass is 10.3. The minimum absolute atomic E-state index is 0.0355. The monoisotopic (exact) mass is 195 g/mol. The molecule has 0 aliphatic carbocycles. The van der Waals surface area contributed by atoms with Gasteiger partial charge in [-0.3, -0.25) is 0 Å². The Balaban J connectivity index is 2.59. The van der Waals surface area contributed by atoms with Gasteiger partial charge in [0.1, 0.15) is 5.69 Å². The molecular weight excluding hydrogens is 182 g/mol. The van der Waals surface area contributed by atoms with Crippen LogP contribution in [0.15, 0.2) is 18.3 Å². The van der Waals surface area contributed by atoms with Crippen LogP contribution in [0.2, 0.25) is 0 Å². The molecule has 1 rings (SSSR count). The van der Waals surface area contributed by atoms with E-state index in [1.54, 1.807) is 6.07 Å². The van der Waals surface area contributed by atoms with Crippen molar-refractivity contribution in [3.05, 3.63) is 24.0 Å². The first-order chi connectivity index (χ1) is 6.74. The van der Waals surface area contributed by atoms with Crippen LogP contribution in [0.3, 0.4) is 0 Å². The minimum atomic E-state index is -1.02. The molecule has 0 spiro atoms. The number of aromatic nitrogens is 1. The normalized spacial score (nSPS) is 9.79. The summed E-state index contributed by atoms with van der Waals surface area (Å²) in [6.45, 7) is 2.87. The standard InChI is InChI=1S/C9H13N3O2/c1-2-4-11-12-7-3-5-10-8(6-7)9(13)14/h3,5-6,11H,2,4H2,1H3,(H,10,12)(H,13,14). The molecule has 0 bridgehead atoms. The fourth-order valence-electron chi connectivity index (χ4n) is 0.915. The summed E-state index contributed by atoms with van der Waals surface area (Å²) in [5.41, 5.74) is 6.57. The first kappa shape index (κ1) is 10.5. The van der Waals surface area contributed by atoms with Crippen LogP contribution < -0.4 is 10.9 Å². The molecule has 14 heavy (non-hydrogen) atoms. The number of hydrazine groups is 1. The van der Waals surface area contributed by atoms with Crippen molar-refractivity contribution in [3.8, 4) is 0 Å². The first-order valence-electron chi connectivity index (χ1n) is 4.42. The van der Waals surface area contributed by atoms with E-state index in [2.05, 4.69) is 15.8 Å². The van der Waals surface area contributed by atoms with Crippen LogP contribution in [0.1, 0.15) is 23.8 Å². The number of anilines is 1. The predicted octanol–water partition coefficient (Wildman–Crippen LogP) is 1.11. The Morgan fingerprint density at radius 1 is 1.64 bits per heavy atom. The largest absolute Gasteiger partial charge is 0.477 e. The molecule has 0 amide bonds. The molecule has 5 nitrogen and oxygen atoms in total. The Hall–Kier alpha value is -1.62. The third-order valence-electron chi connectivity index (χ3n) is 1.59.